The minimum atomic E-state index is 0.612. The zero-order valence-corrected chi connectivity index (χ0v) is 19.0. The van der Waals surface area contributed by atoms with Gasteiger partial charge in [-0.25, -0.2) is 0 Å². The van der Waals surface area contributed by atoms with Crippen molar-refractivity contribution in [3.8, 4) is 0 Å². The molecule has 0 fully saturated rings. The topological polar surface area (TPSA) is 0 Å². The van der Waals surface area contributed by atoms with Gasteiger partial charge in [0.25, 0.3) is 0 Å². The van der Waals surface area contributed by atoms with E-state index in [9.17, 15) is 0 Å². The van der Waals surface area contributed by atoms with Crippen LogP contribution in [0.25, 0.3) is 0 Å². The molecule has 0 aromatic heterocycles. The van der Waals surface area contributed by atoms with Gasteiger partial charge in [-0.3, -0.25) is 0 Å². The highest BCUT2D eigenvalue weighted by atomic mass is 32.2. The largest absolute Gasteiger partial charge is 0.178 e. The molecule has 4 unspecified atom stereocenters. The van der Waals surface area contributed by atoms with Crippen molar-refractivity contribution in [1.82, 2.24) is 0 Å². The van der Waals surface area contributed by atoms with Gasteiger partial charge < -0.3 is 0 Å². The summed E-state index contributed by atoms with van der Waals surface area (Å²) in [5, 5.41) is 2.57. The molecule has 0 aliphatic carbocycles. The fraction of sp³-hybridized carbons (Fsp3) is 1.00. The Labute approximate surface area is 166 Å². The van der Waals surface area contributed by atoms with E-state index in [4.69, 9.17) is 0 Å². The second-order valence-electron chi connectivity index (χ2n) is 4.84. The molecule has 4 atom stereocenters. The third-order valence-corrected chi connectivity index (χ3v) is 10.9. The van der Waals surface area contributed by atoms with Crippen molar-refractivity contribution in [1.29, 1.82) is 0 Å². The molecule has 0 nitrogen and oxygen atoms in total. The Balaban J connectivity index is 4.15. The van der Waals surface area contributed by atoms with Crippen LogP contribution < -0.4 is 0 Å². The minimum absolute atomic E-state index is 0.612. The van der Waals surface area contributed by atoms with Crippen LogP contribution in [0.1, 0.15) is 26.7 Å². The van der Waals surface area contributed by atoms with Gasteiger partial charge in [-0.15, -0.1) is 0 Å². The van der Waals surface area contributed by atoms with E-state index in [1.807, 2.05) is 0 Å². The lowest BCUT2D eigenvalue weighted by atomic mass is 10.4. The summed E-state index contributed by atoms with van der Waals surface area (Å²) in [5.74, 6) is 6.17. The molecule has 0 aliphatic rings. The summed E-state index contributed by atoms with van der Waals surface area (Å²) in [6, 6.07) is 0. The van der Waals surface area contributed by atoms with Crippen molar-refractivity contribution in [2.45, 2.75) is 47.7 Å². The Morgan fingerprint density at radius 3 is 1.19 bits per heavy atom. The van der Waals surface area contributed by atoms with Crippen LogP contribution in [-0.2, 0) is 0 Å². The summed E-state index contributed by atoms with van der Waals surface area (Å²) < 4.78 is 0. The normalized spacial score (nSPS) is 17.4. The van der Waals surface area contributed by atoms with E-state index in [0.717, 1.165) is 23.0 Å². The molecule has 0 bridgehead atoms. The standard InChI is InChI=1S/C14H30S7/c1-3-11(5-15)19-9-13(7-17)21-14(8-18)10-20-12(4-2)6-16/h11-18H,3-10H2,1-2H3. The molecule has 0 aromatic rings. The van der Waals surface area contributed by atoms with Gasteiger partial charge in [0, 0.05) is 55.5 Å². The van der Waals surface area contributed by atoms with E-state index in [1.54, 1.807) is 0 Å². The summed E-state index contributed by atoms with van der Waals surface area (Å²) in [5.41, 5.74) is 0. The van der Waals surface area contributed by atoms with E-state index in [2.05, 4.69) is 99.6 Å². The van der Waals surface area contributed by atoms with Crippen LogP contribution in [0.15, 0.2) is 0 Å². The van der Waals surface area contributed by atoms with Gasteiger partial charge in [-0.05, 0) is 12.8 Å². The Hall–Kier alpha value is 2.45. The van der Waals surface area contributed by atoms with Gasteiger partial charge in [-0.1, -0.05) is 13.8 Å². The summed E-state index contributed by atoms with van der Waals surface area (Å²) in [6.07, 6.45) is 2.40. The fourth-order valence-corrected chi connectivity index (χ4v) is 7.61. The second-order valence-corrected chi connectivity index (χ2v) is 10.6. The van der Waals surface area contributed by atoms with Crippen molar-refractivity contribution in [3.63, 3.8) is 0 Å². The summed E-state index contributed by atoms with van der Waals surface area (Å²) in [7, 11) is 0. The summed E-state index contributed by atoms with van der Waals surface area (Å²) >= 11 is 24.1. The molecule has 0 amide bonds. The Morgan fingerprint density at radius 2 is 0.952 bits per heavy atom. The van der Waals surface area contributed by atoms with E-state index < -0.39 is 0 Å². The SMILES string of the molecule is CCC(CS)SCC(CS)SC(CS)CSC(CC)CS. The average molecular weight is 423 g/mol. The molecular weight excluding hydrogens is 393 g/mol. The lowest BCUT2D eigenvalue weighted by Crippen LogP contribution is -2.21. The molecule has 21 heavy (non-hydrogen) atoms. The Morgan fingerprint density at radius 1 is 0.619 bits per heavy atom. The van der Waals surface area contributed by atoms with Crippen molar-refractivity contribution in [3.05, 3.63) is 0 Å². The van der Waals surface area contributed by atoms with Gasteiger partial charge in [0.1, 0.15) is 0 Å². The molecule has 7 heteroatoms. The van der Waals surface area contributed by atoms with Gasteiger partial charge in [0.05, 0.1) is 0 Å². The number of rotatable bonds is 14. The molecule has 0 spiro atoms. The minimum Gasteiger partial charge on any atom is -0.178 e. The van der Waals surface area contributed by atoms with E-state index in [0.29, 0.717) is 21.0 Å². The zero-order chi connectivity index (χ0) is 16.1. The maximum Gasteiger partial charge on any atom is 0.0229 e. The van der Waals surface area contributed by atoms with E-state index in [1.165, 1.54) is 24.3 Å². The molecule has 0 radical (unpaired) electrons. The van der Waals surface area contributed by atoms with Crippen LogP contribution in [0.2, 0.25) is 0 Å². The number of hydrogen-bond acceptors (Lipinski definition) is 7. The van der Waals surface area contributed by atoms with Crippen molar-refractivity contribution in [2.24, 2.45) is 0 Å². The summed E-state index contributed by atoms with van der Waals surface area (Å²) in [4.78, 5) is 0. The highest BCUT2D eigenvalue weighted by molar-refractivity contribution is 8.06. The maximum absolute atomic E-state index is 4.54. The van der Waals surface area contributed by atoms with Crippen LogP contribution in [0.5, 0.6) is 0 Å². The number of thioether (sulfide) groups is 3. The molecule has 0 aromatic carbocycles. The van der Waals surface area contributed by atoms with E-state index in [-0.39, 0.29) is 0 Å². The molecule has 0 rings (SSSR count). The molecule has 128 valence electrons. The van der Waals surface area contributed by atoms with Crippen LogP contribution in [0, 0.1) is 0 Å². The lowest BCUT2D eigenvalue weighted by Gasteiger charge is -2.23. The van der Waals surface area contributed by atoms with Crippen LogP contribution >= 0.6 is 85.8 Å². The van der Waals surface area contributed by atoms with Crippen LogP contribution in [0.4, 0.5) is 0 Å². The van der Waals surface area contributed by atoms with Crippen molar-refractivity contribution < 1.29 is 0 Å². The van der Waals surface area contributed by atoms with Gasteiger partial charge in [-0.2, -0.15) is 85.8 Å². The highest BCUT2D eigenvalue weighted by Crippen LogP contribution is 2.30. The zero-order valence-electron chi connectivity index (χ0n) is 13.0. The number of hydrogen-bond donors (Lipinski definition) is 4. The maximum atomic E-state index is 4.54. The molecule has 0 N–H and O–H groups in total. The first-order valence-electron chi connectivity index (χ1n) is 7.47. The van der Waals surface area contributed by atoms with Gasteiger partial charge >= 0.3 is 0 Å². The van der Waals surface area contributed by atoms with Gasteiger partial charge in [0.2, 0.25) is 0 Å². The average Bonchev–Trinajstić information content (AvgIpc) is 2.53. The number of thiol groups is 4. The molecule has 0 heterocycles. The monoisotopic (exact) mass is 422 g/mol. The molecular formula is C14H30S7. The van der Waals surface area contributed by atoms with Crippen LogP contribution in [-0.4, -0.2) is 55.5 Å². The quantitative estimate of drug-likeness (QED) is 0.284. The molecule has 0 saturated heterocycles. The molecule has 0 saturated carbocycles. The predicted molar refractivity (Wildman–Crippen MR) is 124 cm³/mol. The smallest absolute Gasteiger partial charge is 0.0229 e. The summed E-state index contributed by atoms with van der Waals surface area (Å²) in [6.45, 7) is 4.48. The first kappa shape index (κ1) is 23.4. The third kappa shape index (κ3) is 11.6. The first-order valence-corrected chi connectivity index (χ1v) is 13.0. The first-order chi connectivity index (χ1) is 10.1. The molecule has 0 aliphatic heterocycles. The van der Waals surface area contributed by atoms with Crippen LogP contribution in [0.3, 0.4) is 0 Å². The van der Waals surface area contributed by atoms with Crippen molar-refractivity contribution >= 4 is 85.8 Å². The Bertz CT molecular complexity index is 197. The van der Waals surface area contributed by atoms with Gasteiger partial charge in [0.15, 0.2) is 0 Å². The highest BCUT2D eigenvalue weighted by Gasteiger charge is 2.18. The van der Waals surface area contributed by atoms with E-state index >= 15 is 0 Å². The fourth-order valence-electron chi connectivity index (χ4n) is 1.63. The predicted octanol–water partition coefficient (Wildman–Crippen LogP) is 5.20. The third-order valence-electron chi connectivity index (χ3n) is 3.15. The lowest BCUT2D eigenvalue weighted by molar-refractivity contribution is 0.914. The second kappa shape index (κ2) is 15.9. The van der Waals surface area contributed by atoms with Crippen molar-refractivity contribution in [2.75, 3.05) is 34.5 Å². The Kier molecular flexibility index (Phi) is 17.8.